The van der Waals surface area contributed by atoms with E-state index >= 15 is 4.39 Å². The fourth-order valence-corrected chi connectivity index (χ4v) is 5.57. The summed E-state index contributed by atoms with van der Waals surface area (Å²) in [6.45, 7) is 9.31. The van der Waals surface area contributed by atoms with Crippen molar-refractivity contribution in [1.29, 1.82) is 0 Å². The standard InChI is InChI=1S/C27H33FN2O4/c1-16-11-18(32-4)5-6-19(16)20-13-23-21(12-22(20)28)25(27(2,3)15-33-23)29-26(31)34-24-14-30-9-7-17(24)8-10-30/h5-6,11-13,17,24-25H,7-10,14-15H2,1-4H3,(H,29,31). The van der Waals surface area contributed by atoms with E-state index in [1.54, 1.807) is 13.2 Å². The summed E-state index contributed by atoms with van der Waals surface area (Å²) in [5, 5.41) is 3.04. The monoisotopic (exact) mass is 468 g/mol. The van der Waals surface area contributed by atoms with Crippen molar-refractivity contribution in [3.05, 3.63) is 47.3 Å². The number of fused-ring (bicyclic) bond motifs is 4. The molecule has 4 aliphatic heterocycles. The van der Waals surface area contributed by atoms with E-state index in [0.29, 0.717) is 29.4 Å². The molecule has 0 radical (unpaired) electrons. The normalized spacial score (nSPS) is 26.9. The number of aryl methyl sites for hydroxylation is 1. The van der Waals surface area contributed by atoms with Gasteiger partial charge in [0, 0.05) is 23.1 Å². The van der Waals surface area contributed by atoms with Crippen LogP contribution in [0.5, 0.6) is 11.5 Å². The van der Waals surface area contributed by atoms with Gasteiger partial charge in [0.25, 0.3) is 0 Å². The molecule has 182 valence electrons. The van der Waals surface area contributed by atoms with Crippen molar-refractivity contribution in [1.82, 2.24) is 10.2 Å². The summed E-state index contributed by atoms with van der Waals surface area (Å²) < 4.78 is 32.6. The van der Waals surface area contributed by atoms with Gasteiger partial charge in [0.05, 0.1) is 19.8 Å². The van der Waals surface area contributed by atoms with Crippen LogP contribution in [0.15, 0.2) is 30.3 Å². The van der Waals surface area contributed by atoms with Gasteiger partial charge in [-0.05, 0) is 74.2 Å². The fourth-order valence-electron chi connectivity index (χ4n) is 5.57. The second-order valence-corrected chi connectivity index (χ2v) is 10.5. The smallest absolute Gasteiger partial charge is 0.407 e. The minimum Gasteiger partial charge on any atom is -0.497 e. The number of halogens is 1. The Labute approximate surface area is 200 Å². The van der Waals surface area contributed by atoms with Crippen molar-refractivity contribution in [2.75, 3.05) is 33.4 Å². The second kappa shape index (κ2) is 8.77. The number of amides is 1. The maximum atomic E-state index is 15.4. The average Bonchev–Trinajstić information content (AvgIpc) is 2.82. The first kappa shape index (κ1) is 23.0. The zero-order valence-electron chi connectivity index (χ0n) is 20.3. The molecule has 0 saturated carbocycles. The fraction of sp³-hybridized carbons (Fsp3) is 0.519. The molecule has 3 saturated heterocycles. The summed E-state index contributed by atoms with van der Waals surface area (Å²) in [6.07, 6.45) is 1.62. The van der Waals surface area contributed by atoms with Crippen LogP contribution in [0.1, 0.15) is 43.9 Å². The molecule has 3 fully saturated rings. The highest BCUT2D eigenvalue weighted by molar-refractivity contribution is 5.72. The van der Waals surface area contributed by atoms with Crippen LogP contribution in [0.4, 0.5) is 9.18 Å². The highest BCUT2D eigenvalue weighted by Gasteiger charge is 2.41. The Morgan fingerprint density at radius 3 is 2.59 bits per heavy atom. The number of piperidine rings is 3. The predicted octanol–water partition coefficient (Wildman–Crippen LogP) is 5.09. The Morgan fingerprint density at radius 1 is 1.18 bits per heavy atom. The molecule has 2 atom stereocenters. The molecule has 6 rings (SSSR count). The molecule has 7 heteroatoms. The summed E-state index contributed by atoms with van der Waals surface area (Å²) in [4.78, 5) is 15.3. The van der Waals surface area contributed by atoms with Gasteiger partial charge in [-0.3, -0.25) is 4.90 Å². The second-order valence-electron chi connectivity index (χ2n) is 10.5. The number of nitrogens with one attached hydrogen (secondary N) is 1. The molecule has 6 nitrogen and oxygen atoms in total. The summed E-state index contributed by atoms with van der Waals surface area (Å²) in [7, 11) is 1.61. The Bertz CT molecular complexity index is 1090. The first-order valence-corrected chi connectivity index (χ1v) is 12.1. The Balaban J connectivity index is 1.40. The summed E-state index contributed by atoms with van der Waals surface area (Å²) in [5.41, 5.74) is 2.36. The highest BCUT2D eigenvalue weighted by Crippen LogP contribution is 2.45. The topological polar surface area (TPSA) is 60.0 Å². The van der Waals surface area contributed by atoms with E-state index in [1.807, 2.05) is 39.0 Å². The van der Waals surface area contributed by atoms with Crippen molar-refractivity contribution in [3.8, 4) is 22.6 Å². The van der Waals surface area contributed by atoms with Crippen molar-refractivity contribution in [2.24, 2.45) is 11.3 Å². The zero-order valence-corrected chi connectivity index (χ0v) is 20.3. The molecule has 4 aliphatic rings. The van der Waals surface area contributed by atoms with E-state index in [0.717, 1.165) is 49.4 Å². The summed E-state index contributed by atoms with van der Waals surface area (Å²) >= 11 is 0. The Hall–Kier alpha value is -2.80. The average molecular weight is 469 g/mol. The molecule has 1 N–H and O–H groups in total. The number of carbonyl (C=O) groups excluding carboxylic acids is 1. The molecule has 4 heterocycles. The number of carbonyl (C=O) groups is 1. The van der Waals surface area contributed by atoms with Crippen LogP contribution < -0.4 is 14.8 Å². The molecule has 2 aromatic rings. The number of ether oxygens (including phenoxy) is 3. The quantitative estimate of drug-likeness (QED) is 0.677. The van der Waals surface area contributed by atoms with Gasteiger partial charge in [-0.1, -0.05) is 19.9 Å². The van der Waals surface area contributed by atoms with Gasteiger partial charge in [0.2, 0.25) is 0 Å². The van der Waals surface area contributed by atoms with E-state index < -0.39 is 17.6 Å². The van der Waals surface area contributed by atoms with E-state index in [9.17, 15) is 4.79 Å². The predicted molar refractivity (Wildman–Crippen MR) is 128 cm³/mol. The lowest BCUT2D eigenvalue weighted by molar-refractivity contribution is -0.0361. The van der Waals surface area contributed by atoms with Gasteiger partial charge in [-0.25, -0.2) is 9.18 Å². The molecular weight excluding hydrogens is 435 g/mol. The third-order valence-corrected chi connectivity index (χ3v) is 7.63. The largest absolute Gasteiger partial charge is 0.497 e. The number of alkyl carbamates (subject to hydrolysis) is 1. The first-order chi connectivity index (χ1) is 16.2. The van der Waals surface area contributed by atoms with E-state index in [-0.39, 0.29) is 11.9 Å². The number of hydrogen-bond acceptors (Lipinski definition) is 5. The first-order valence-electron chi connectivity index (χ1n) is 12.1. The molecule has 0 aliphatic carbocycles. The van der Waals surface area contributed by atoms with E-state index in [2.05, 4.69) is 10.2 Å². The van der Waals surface area contributed by atoms with Crippen LogP contribution >= 0.6 is 0 Å². The SMILES string of the molecule is COc1ccc(-c2cc3c(cc2F)C(NC(=O)OC2CN4CCC2CC4)C(C)(C)CO3)c(C)c1. The van der Waals surface area contributed by atoms with Crippen molar-refractivity contribution in [3.63, 3.8) is 0 Å². The number of methoxy groups -OCH3 is 1. The van der Waals surface area contributed by atoms with Crippen LogP contribution in [0, 0.1) is 24.1 Å². The maximum absolute atomic E-state index is 15.4. The van der Waals surface area contributed by atoms with Gasteiger partial charge in [-0.2, -0.15) is 0 Å². The number of hydrogen-bond donors (Lipinski definition) is 1. The molecule has 2 aromatic carbocycles. The summed E-state index contributed by atoms with van der Waals surface area (Å²) in [6, 6.07) is 8.36. The van der Waals surface area contributed by atoms with Crippen LogP contribution in [0.25, 0.3) is 11.1 Å². The Kier molecular flexibility index (Phi) is 5.92. The minimum atomic E-state index is -0.444. The maximum Gasteiger partial charge on any atom is 0.407 e. The Morgan fingerprint density at radius 2 is 1.94 bits per heavy atom. The molecule has 34 heavy (non-hydrogen) atoms. The lowest BCUT2D eigenvalue weighted by Crippen LogP contribution is -2.53. The van der Waals surface area contributed by atoms with Gasteiger partial charge in [0.15, 0.2) is 0 Å². The molecule has 0 spiro atoms. The number of benzene rings is 2. The van der Waals surface area contributed by atoms with Crippen LogP contribution in [0.3, 0.4) is 0 Å². The van der Waals surface area contributed by atoms with Gasteiger partial charge in [0.1, 0.15) is 23.4 Å². The number of rotatable bonds is 4. The zero-order chi connectivity index (χ0) is 24.0. The van der Waals surface area contributed by atoms with E-state index in [1.165, 1.54) is 6.07 Å². The van der Waals surface area contributed by atoms with Gasteiger partial charge >= 0.3 is 6.09 Å². The minimum absolute atomic E-state index is 0.0814. The van der Waals surface area contributed by atoms with Gasteiger partial charge < -0.3 is 19.5 Å². The third kappa shape index (κ3) is 4.22. The van der Waals surface area contributed by atoms with Crippen molar-refractivity contribution in [2.45, 2.75) is 45.8 Å². The van der Waals surface area contributed by atoms with E-state index in [4.69, 9.17) is 14.2 Å². The lowest BCUT2D eigenvalue weighted by atomic mass is 9.78. The van der Waals surface area contributed by atoms with Crippen LogP contribution in [0.2, 0.25) is 0 Å². The molecule has 0 aromatic heterocycles. The molecule has 2 bridgehead atoms. The lowest BCUT2D eigenvalue weighted by Gasteiger charge is -2.44. The molecular formula is C27H33FN2O4. The number of nitrogens with zero attached hydrogens (tertiary/aromatic N) is 1. The summed E-state index contributed by atoms with van der Waals surface area (Å²) in [5.74, 6) is 1.38. The van der Waals surface area contributed by atoms with Gasteiger partial charge in [-0.15, -0.1) is 0 Å². The molecule has 1 amide bonds. The van der Waals surface area contributed by atoms with Crippen molar-refractivity contribution < 1.29 is 23.4 Å². The highest BCUT2D eigenvalue weighted by atomic mass is 19.1. The van der Waals surface area contributed by atoms with Crippen molar-refractivity contribution >= 4 is 6.09 Å². The van der Waals surface area contributed by atoms with Crippen LogP contribution in [-0.4, -0.2) is 50.4 Å². The molecule has 2 unspecified atom stereocenters. The van der Waals surface area contributed by atoms with Crippen LogP contribution in [-0.2, 0) is 4.74 Å². The third-order valence-electron chi connectivity index (χ3n) is 7.63.